The number of benzene rings is 3. The van der Waals surface area contributed by atoms with Crippen molar-refractivity contribution < 1.29 is 14.3 Å². The second kappa shape index (κ2) is 8.54. The molecule has 0 aliphatic carbocycles. The first-order chi connectivity index (χ1) is 14.1. The largest absolute Gasteiger partial charge is 0.493 e. The highest BCUT2D eigenvalue weighted by Crippen LogP contribution is 2.42. The Morgan fingerprint density at radius 1 is 1.03 bits per heavy atom. The summed E-state index contributed by atoms with van der Waals surface area (Å²) in [7, 11) is 1.58. The van der Waals surface area contributed by atoms with Crippen molar-refractivity contribution in [1.29, 1.82) is 0 Å². The molecule has 0 fully saturated rings. The summed E-state index contributed by atoms with van der Waals surface area (Å²) < 4.78 is 11.5. The third-order valence-electron chi connectivity index (χ3n) is 4.48. The number of thioether (sulfide) groups is 1. The van der Waals surface area contributed by atoms with Crippen LogP contribution < -0.4 is 9.47 Å². The van der Waals surface area contributed by atoms with Crippen LogP contribution in [0.1, 0.15) is 21.5 Å². The minimum Gasteiger partial charge on any atom is -0.493 e. The zero-order chi connectivity index (χ0) is 20.4. The highest BCUT2D eigenvalue weighted by atomic mass is 35.5. The number of fused-ring (bicyclic) bond motifs is 1. The van der Waals surface area contributed by atoms with E-state index in [1.807, 2.05) is 54.6 Å². The van der Waals surface area contributed by atoms with Gasteiger partial charge in [-0.05, 0) is 36.4 Å². The standard InChI is InChI=1S/C23H16Cl2O3S/c1-27-19-7-4-5-14(11-21-22(26)17-6-2-3-8-20(17)29-21)23(19)28-13-15-9-10-16(24)12-18(15)25/h2-12H,13H2,1H3. The highest BCUT2D eigenvalue weighted by Gasteiger charge is 2.26. The van der Waals surface area contributed by atoms with Gasteiger partial charge in [-0.25, -0.2) is 0 Å². The van der Waals surface area contributed by atoms with E-state index >= 15 is 0 Å². The molecule has 1 aliphatic rings. The van der Waals surface area contributed by atoms with Gasteiger partial charge in [-0.3, -0.25) is 4.79 Å². The SMILES string of the molecule is COc1cccc(C=C2Sc3ccccc3C2=O)c1OCc1ccc(Cl)cc1Cl. The molecule has 0 aromatic heterocycles. The number of para-hydroxylation sites is 1. The minimum absolute atomic E-state index is 0.0140. The third-order valence-corrected chi connectivity index (χ3v) is 6.16. The number of ketones is 1. The molecule has 3 aromatic rings. The lowest BCUT2D eigenvalue weighted by Crippen LogP contribution is -2.01. The molecule has 0 unspecified atom stereocenters. The smallest absolute Gasteiger partial charge is 0.200 e. The average Bonchev–Trinajstić information content (AvgIpc) is 3.03. The van der Waals surface area contributed by atoms with Crippen molar-refractivity contribution in [2.45, 2.75) is 11.5 Å². The van der Waals surface area contributed by atoms with Crippen LogP contribution >= 0.6 is 35.0 Å². The maximum atomic E-state index is 12.7. The van der Waals surface area contributed by atoms with Gasteiger partial charge in [-0.1, -0.05) is 65.3 Å². The second-order valence-corrected chi connectivity index (χ2v) is 8.27. The molecular formula is C23H16Cl2O3S. The molecule has 3 aromatic carbocycles. The number of Topliss-reactive ketones (excluding diaryl/α,β-unsaturated/α-hetero) is 1. The molecule has 6 heteroatoms. The summed E-state index contributed by atoms with van der Waals surface area (Å²) in [6.45, 7) is 0.244. The lowest BCUT2D eigenvalue weighted by molar-refractivity contribution is 0.104. The van der Waals surface area contributed by atoms with E-state index in [2.05, 4.69) is 0 Å². The van der Waals surface area contributed by atoms with Crippen LogP contribution in [0.4, 0.5) is 0 Å². The molecule has 146 valence electrons. The Morgan fingerprint density at radius 2 is 1.86 bits per heavy atom. The summed E-state index contributed by atoms with van der Waals surface area (Å²) in [5.41, 5.74) is 2.29. The number of rotatable bonds is 5. The van der Waals surface area contributed by atoms with Crippen molar-refractivity contribution in [3.63, 3.8) is 0 Å². The first-order valence-electron chi connectivity index (χ1n) is 8.84. The van der Waals surface area contributed by atoms with Gasteiger partial charge >= 0.3 is 0 Å². The lowest BCUT2D eigenvalue weighted by atomic mass is 10.1. The Labute approximate surface area is 183 Å². The Bertz CT molecular complexity index is 1120. The molecule has 1 heterocycles. The van der Waals surface area contributed by atoms with Gasteiger partial charge in [-0.2, -0.15) is 0 Å². The molecule has 29 heavy (non-hydrogen) atoms. The first-order valence-corrected chi connectivity index (χ1v) is 10.4. The number of carbonyl (C=O) groups is 1. The van der Waals surface area contributed by atoms with Crippen LogP contribution in [0.3, 0.4) is 0 Å². The monoisotopic (exact) mass is 442 g/mol. The molecule has 0 N–H and O–H groups in total. The normalized spacial score (nSPS) is 14.2. The van der Waals surface area contributed by atoms with E-state index in [1.54, 1.807) is 19.2 Å². The van der Waals surface area contributed by atoms with Crippen LogP contribution in [0.15, 0.2) is 70.5 Å². The lowest BCUT2D eigenvalue weighted by Gasteiger charge is -2.14. The molecule has 0 bridgehead atoms. The molecule has 0 spiro atoms. The second-order valence-electron chi connectivity index (χ2n) is 6.34. The fourth-order valence-corrected chi connectivity index (χ4v) is 4.53. The Hall–Kier alpha value is -2.40. The minimum atomic E-state index is 0.0140. The van der Waals surface area contributed by atoms with Crippen LogP contribution in [-0.2, 0) is 6.61 Å². The van der Waals surface area contributed by atoms with Crippen molar-refractivity contribution in [3.8, 4) is 11.5 Å². The van der Waals surface area contributed by atoms with Gasteiger partial charge < -0.3 is 9.47 Å². The number of carbonyl (C=O) groups excluding carboxylic acids is 1. The average molecular weight is 443 g/mol. The Kier molecular flexibility index (Phi) is 5.86. The molecular weight excluding hydrogens is 427 g/mol. The van der Waals surface area contributed by atoms with Gasteiger partial charge in [0.15, 0.2) is 11.5 Å². The van der Waals surface area contributed by atoms with E-state index in [0.29, 0.717) is 26.4 Å². The van der Waals surface area contributed by atoms with Gasteiger partial charge in [0.25, 0.3) is 0 Å². The van der Waals surface area contributed by atoms with Crippen LogP contribution in [0.5, 0.6) is 11.5 Å². The number of methoxy groups -OCH3 is 1. The first kappa shape index (κ1) is 19.9. The molecule has 0 saturated heterocycles. The van der Waals surface area contributed by atoms with Crippen molar-refractivity contribution in [2.24, 2.45) is 0 Å². The molecule has 0 radical (unpaired) electrons. The maximum Gasteiger partial charge on any atom is 0.200 e. The molecule has 0 saturated carbocycles. The summed E-state index contributed by atoms with van der Waals surface area (Å²) in [6.07, 6.45) is 1.84. The van der Waals surface area contributed by atoms with Crippen molar-refractivity contribution in [1.82, 2.24) is 0 Å². The number of allylic oxidation sites excluding steroid dienone is 1. The van der Waals surface area contributed by atoms with E-state index in [1.165, 1.54) is 11.8 Å². The van der Waals surface area contributed by atoms with E-state index in [0.717, 1.165) is 21.6 Å². The number of halogens is 2. The highest BCUT2D eigenvalue weighted by molar-refractivity contribution is 8.04. The number of hydrogen-bond acceptors (Lipinski definition) is 4. The summed E-state index contributed by atoms with van der Waals surface area (Å²) in [4.78, 5) is 14.3. The van der Waals surface area contributed by atoms with E-state index in [4.69, 9.17) is 32.7 Å². The fourth-order valence-electron chi connectivity index (χ4n) is 3.03. The van der Waals surface area contributed by atoms with Crippen molar-refractivity contribution >= 4 is 46.8 Å². The summed E-state index contributed by atoms with van der Waals surface area (Å²) in [5, 5.41) is 1.10. The zero-order valence-corrected chi connectivity index (χ0v) is 17.8. The van der Waals surface area contributed by atoms with Crippen LogP contribution in [-0.4, -0.2) is 12.9 Å². The Morgan fingerprint density at radius 3 is 2.62 bits per heavy atom. The zero-order valence-electron chi connectivity index (χ0n) is 15.4. The van der Waals surface area contributed by atoms with Gasteiger partial charge in [0.05, 0.1) is 12.0 Å². The molecule has 4 rings (SSSR count). The van der Waals surface area contributed by atoms with Gasteiger partial charge in [0.1, 0.15) is 6.61 Å². The van der Waals surface area contributed by atoms with E-state index in [-0.39, 0.29) is 12.4 Å². The maximum absolute atomic E-state index is 12.7. The topological polar surface area (TPSA) is 35.5 Å². The van der Waals surface area contributed by atoms with Gasteiger partial charge in [0.2, 0.25) is 5.78 Å². The fraction of sp³-hybridized carbons (Fsp3) is 0.0870. The van der Waals surface area contributed by atoms with Crippen LogP contribution in [0, 0.1) is 0 Å². The molecule has 1 aliphatic heterocycles. The summed E-state index contributed by atoms with van der Waals surface area (Å²) >= 11 is 13.7. The van der Waals surface area contributed by atoms with Gasteiger partial charge in [0, 0.05) is 31.6 Å². The van der Waals surface area contributed by atoms with Crippen LogP contribution in [0.2, 0.25) is 10.0 Å². The summed E-state index contributed by atoms with van der Waals surface area (Å²) in [6, 6.07) is 18.4. The summed E-state index contributed by atoms with van der Waals surface area (Å²) in [5.74, 6) is 1.15. The van der Waals surface area contributed by atoms with Gasteiger partial charge in [-0.15, -0.1) is 0 Å². The quantitative estimate of drug-likeness (QED) is 0.402. The van der Waals surface area contributed by atoms with E-state index in [9.17, 15) is 4.79 Å². The third kappa shape index (κ3) is 4.15. The predicted molar refractivity (Wildman–Crippen MR) is 118 cm³/mol. The predicted octanol–water partition coefficient (Wildman–Crippen LogP) is 6.91. The van der Waals surface area contributed by atoms with Crippen molar-refractivity contribution in [2.75, 3.05) is 7.11 Å². The number of ether oxygens (including phenoxy) is 2. The molecule has 0 atom stereocenters. The number of hydrogen-bond donors (Lipinski definition) is 0. The molecule has 0 amide bonds. The molecule has 3 nitrogen and oxygen atoms in total. The Balaban J connectivity index is 1.66. The van der Waals surface area contributed by atoms with Crippen molar-refractivity contribution in [3.05, 3.63) is 92.3 Å². The van der Waals surface area contributed by atoms with E-state index < -0.39 is 0 Å². The van der Waals surface area contributed by atoms with Crippen LogP contribution in [0.25, 0.3) is 6.08 Å².